The lowest BCUT2D eigenvalue weighted by atomic mass is 10.1. The third kappa shape index (κ3) is 2.79. The van der Waals surface area contributed by atoms with E-state index in [1.165, 1.54) is 3.57 Å². The summed E-state index contributed by atoms with van der Waals surface area (Å²) in [5.74, 6) is 0. The Hall–Kier alpha value is -0.950. The Bertz CT molecular complexity index is 479. The average Bonchev–Trinajstić information content (AvgIpc) is 2.80. The van der Waals surface area contributed by atoms with Crippen LogP contribution in [0, 0.1) is 3.57 Å². The Balaban J connectivity index is 2.20. The molecule has 0 aliphatic heterocycles. The van der Waals surface area contributed by atoms with Gasteiger partial charge in [0.05, 0.1) is 5.38 Å². The van der Waals surface area contributed by atoms with Crippen LogP contribution < -0.4 is 4.57 Å². The molecule has 0 spiro atoms. The normalized spacial score (nSPS) is 11.7. The van der Waals surface area contributed by atoms with E-state index < -0.39 is 0 Å². The Kier molecular flexibility index (Phi) is 3.89. The van der Waals surface area contributed by atoms with E-state index in [1.807, 2.05) is 45.9 Å². The van der Waals surface area contributed by atoms with Crippen molar-refractivity contribution in [2.75, 3.05) is 0 Å². The van der Waals surface area contributed by atoms with Crippen molar-refractivity contribution in [3.63, 3.8) is 0 Å². The quantitative estimate of drug-likeness (QED) is 0.300. The molecule has 0 saturated carbocycles. The van der Waals surface area contributed by atoms with Crippen LogP contribution >= 0.6 is 33.9 Å². The molecule has 2 aromatic rings. The molecule has 1 aromatic heterocycles. The molecule has 2 rings (SSSR count). The van der Waals surface area contributed by atoms with Gasteiger partial charge in [-0.05, 0) is 34.7 Å². The lowest BCUT2D eigenvalue weighted by molar-refractivity contribution is -0.677. The van der Waals surface area contributed by atoms with E-state index in [2.05, 4.69) is 27.7 Å². The Morgan fingerprint density at radius 2 is 2.12 bits per heavy atom. The lowest BCUT2D eigenvalue weighted by Gasteiger charge is -2.00. The molecule has 82 valence electrons. The highest BCUT2D eigenvalue weighted by Crippen LogP contribution is 2.08. The van der Waals surface area contributed by atoms with Crippen LogP contribution in [-0.4, -0.2) is 10.9 Å². The van der Waals surface area contributed by atoms with Crippen molar-refractivity contribution >= 4 is 39.6 Å². The number of hydrogen-bond acceptors (Lipinski definition) is 3. The molecule has 0 atom stereocenters. The maximum atomic E-state index is 9.02. The molecule has 0 radical (unpaired) electrons. The molecular formula is C11H10IN2OS+. The standard InChI is InChI=1S/C11H9IN2OS/c12-10-3-1-9(2-4-10)11(13-15)7-14-5-6-16-8-14/h1-6,8H,7H2/p+1/b13-11-. The topological polar surface area (TPSA) is 36.5 Å². The first-order valence-corrected chi connectivity index (χ1v) is 6.70. The van der Waals surface area contributed by atoms with E-state index in [-0.39, 0.29) is 0 Å². The number of hydrogen-bond donors (Lipinski definition) is 1. The van der Waals surface area contributed by atoms with Gasteiger partial charge in [-0.1, -0.05) is 28.6 Å². The predicted octanol–water partition coefficient (Wildman–Crippen LogP) is 2.52. The molecule has 0 aliphatic carbocycles. The minimum absolute atomic E-state index is 0.584. The molecular weight excluding hydrogens is 335 g/mol. The first-order valence-electron chi connectivity index (χ1n) is 4.67. The van der Waals surface area contributed by atoms with Crippen molar-refractivity contribution in [2.45, 2.75) is 6.54 Å². The minimum atomic E-state index is 0.584. The van der Waals surface area contributed by atoms with E-state index in [1.54, 1.807) is 11.3 Å². The highest BCUT2D eigenvalue weighted by molar-refractivity contribution is 14.1. The molecule has 3 nitrogen and oxygen atoms in total. The smallest absolute Gasteiger partial charge is 0.225 e. The predicted molar refractivity (Wildman–Crippen MR) is 72.0 cm³/mol. The summed E-state index contributed by atoms with van der Waals surface area (Å²) in [6.07, 6.45) is 1.96. The number of aromatic nitrogens is 1. The second-order valence-electron chi connectivity index (χ2n) is 3.25. The van der Waals surface area contributed by atoms with Gasteiger partial charge >= 0.3 is 0 Å². The summed E-state index contributed by atoms with van der Waals surface area (Å²) in [4.78, 5) is 0. The van der Waals surface area contributed by atoms with E-state index in [9.17, 15) is 0 Å². The monoisotopic (exact) mass is 345 g/mol. The third-order valence-electron chi connectivity index (χ3n) is 2.16. The van der Waals surface area contributed by atoms with Crippen molar-refractivity contribution in [1.82, 2.24) is 0 Å². The van der Waals surface area contributed by atoms with Crippen molar-refractivity contribution < 1.29 is 9.77 Å². The fourth-order valence-corrected chi connectivity index (χ4v) is 2.31. The highest BCUT2D eigenvalue weighted by atomic mass is 127. The zero-order chi connectivity index (χ0) is 11.4. The van der Waals surface area contributed by atoms with E-state index in [4.69, 9.17) is 5.21 Å². The number of nitrogens with zero attached hydrogens (tertiary/aromatic N) is 2. The molecule has 1 N–H and O–H groups in total. The van der Waals surface area contributed by atoms with Gasteiger partial charge in [0.1, 0.15) is 0 Å². The van der Waals surface area contributed by atoms with Crippen LogP contribution in [0.2, 0.25) is 0 Å². The third-order valence-corrected chi connectivity index (χ3v) is 3.55. The van der Waals surface area contributed by atoms with Gasteiger partial charge < -0.3 is 5.21 Å². The summed E-state index contributed by atoms with van der Waals surface area (Å²) in [5, 5.41) is 14.4. The van der Waals surface area contributed by atoms with Crippen molar-refractivity contribution in [3.8, 4) is 0 Å². The van der Waals surface area contributed by atoms with Crippen molar-refractivity contribution in [2.24, 2.45) is 5.16 Å². The molecule has 0 saturated heterocycles. The van der Waals surface area contributed by atoms with Crippen LogP contribution in [0.3, 0.4) is 0 Å². The van der Waals surface area contributed by atoms with E-state index >= 15 is 0 Å². The molecule has 0 unspecified atom stereocenters. The molecule has 0 bridgehead atoms. The fraction of sp³-hybridized carbons (Fsp3) is 0.0909. The molecule has 0 fully saturated rings. The van der Waals surface area contributed by atoms with Crippen LogP contribution in [0.5, 0.6) is 0 Å². The van der Waals surface area contributed by atoms with Crippen LogP contribution in [0.4, 0.5) is 0 Å². The van der Waals surface area contributed by atoms with Crippen molar-refractivity contribution in [1.29, 1.82) is 0 Å². The minimum Gasteiger partial charge on any atom is -0.410 e. The van der Waals surface area contributed by atoms with E-state index in [0.29, 0.717) is 12.3 Å². The number of rotatable bonds is 3. The summed E-state index contributed by atoms with van der Waals surface area (Å²) in [5.41, 5.74) is 3.60. The van der Waals surface area contributed by atoms with Crippen LogP contribution in [0.25, 0.3) is 0 Å². The Morgan fingerprint density at radius 3 is 2.69 bits per heavy atom. The number of halogens is 1. The maximum absolute atomic E-state index is 9.02. The van der Waals surface area contributed by atoms with Gasteiger partial charge in [0.25, 0.3) is 0 Å². The van der Waals surface area contributed by atoms with Crippen LogP contribution in [0.15, 0.2) is 46.5 Å². The van der Waals surface area contributed by atoms with Gasteiger partial charge in [0.2, 0.25) is 5.51 Å². The maximum Gasteiger partial charge on any atom is 0.225 e. The first kappa shape index (κ1) is 11.5. The lowest BCUT2D eigenvalue weighted by Crippen LogP contribution is -2.35. The number of thiazole rings is 1. The van der Waals surface area contributed by atoms with Gasteiger partial charge in [0, 0.05) is 9.13 Å². The zero-order valence-corrected chi connectivity index (χ0v) is 11.4. The molecule has 1 heterocycles. The molecule has 0 amide bonds. The average molecular weight is 345 g/mol. The van der Waals surface area contributed by atoms with Crippen molar-refractivity contribution in [3.05, 3.63) is 50.5 Å². The summed E-state index contributed by atoms with van der Waals surface area (Å²) >= 11 is 3.86. The van der Waals surface area contributed by atoms with Crippen LogP contribution in [0.1, 0.15) is 5.56 Å². The van der Waals surface area contributed by atoms with Gasteiger partial charge in [-0.15, -0.1) is 0 Å². The largest absolute Gasteiger partial charge is 0.410 e. The molecule has 0 aliphatic rings. The van der Waals surface area contributed by atoms with Gasteiger partial charge in [-0.2, -0.15) is 4.57 Å². The first-order chi connectivity index (χ1) is 7.79. The van der Waals surface area contributed by atoms with Gasteiger partial charge in [-0.3, -0.25) is 0 Å². The summed E-state index contributed by atoms with van der Waals surface area (Å²) < 4.78 is 3.15. The molecule has 5 heteroatoms. The fourth-order valence-electron chi connectivity index (χ4n) is 1.35. The molecule has 1 aromatic carbocycles. The Morgan fingerprint density at radius 1 is 1.38 bits per heavy atom. The molecule has 16 heavy (non-hydrogen) atoms. The second-order valence-corrected chi connectivity index (χ2v) is 5.25. The van der Waals surface area contributed by atoms with Gasteiger partial charge in [-0.25, -0.2) is 0 Å². The highest BCUT2D eigenvalue weighted by Gasteiger charge is 2.10. The summed E-state index contributed by atoms with van der Waals surface area (Å²) in [6.45, 7) is 0.584. The van der Waals surface area contributed by atoms with Gasteiger partial charge in [0.15, 0.2) is 18.5 Å². The second kappa shape index (κ2) is 5.40. The van der Waals surface area contributed by atoms with E-state index in [0.717, 1.165) is 5.56 Å². The number of oxime groups is 1. The number of benzene rings is 1. The Labute approximate surface area is 111 Å². The zero-order valence-electron chi connectivity index (χ0n) is 8.38. The summed E-state index contributed by atoms with van der Waals surface area (Å²) in [7, 11) is 0. The summed E-state index contributed by atoms with van der Waals surface area (Å²) in [6, 6.07) is 7.92. The SMILES string of the molecule is O/N=C(/C[n+]1ccsc1)c1ccc(I)cc1. The van der Waals surface area contributed by atoms with Crippen LogP contribution in [-0.2, 0) is 6.54 Å².